The Kier molecular flexibility index (Phi) is 2.47. The van der Waals surface area contributed by atoms with Gasteiger partial charge in [-0.2, -0.15) is 5.26 Å². The standard InChI is InChI=1S/C13H13N3O3/c14-6-9-1-4-11(5-12(9)16(18)19)15-7-13(17,8-15)10-2-3-10/h1,4-5,10,17H,2-3,7-8H2. The maximum atomic E-state index is 10.9. The van der Waals surface area contributed by atoms with Crippen molar-refractivity contribution in [1.29, 1.82) is 5.26 Å². The molecule has 0 atom stereocenters. The first-order valence-corrected chi connectivity index (χ1v) is 6.19. The van der Waals surface area contributed by atoms with Crippen molar-refractivity contribution in [2.45, 2.75) is 18.4 Å². The van der Waals surface area contributed by atoms with Gasteiger partial charge >= 0.3 is 0 Å². The molecule has 3 rings (SSSR count). The van der Waals surface area contributed by atoms with Crippen LogP contribution in [0, 0.1) is 27.4 Å². The topological polar surface area (TPSA) is 90.4 Å². The molecule has 0 aromatic heterocycles. The van der Waals surface area contributed by atoms with Crippen molar-refractivity contribution in [3.05, 3.63) is 33.9 Å². The van der Waals surface area contributed by atoms with E-state index in [-0.39, 0.29) is 11.3 Å². The Labute approximate surface area is 110 Å². The van der Waals surface area contributed by atoms with Gasteiger partial charge in [0, 0.05) is 24.8 Å². The van der Waals surface area contributed by atoms with Crippen molar-refractivity contribution in [3.63, 3.8) is 0 Å². The molecule has 6 heteroatoms. The van der Waals surface area contributed by atoms with E-state index in [1.54, 1.807) is 6.07 Å². The molecule has 98 valence electrons. The summed E-state index contributed by atoms with van der Waals surface area (Å²) in [5.74, 6) is 0.386. The number of β-amino-alcohol motifs (C(OH)–C–C–N with tert-alkyl or cyclic N) is 1. The van der Waals surface area contributed by atoms with Crippen molar-refractivity contribution < 1.29 is 10.0 Å². The third-order valence-corrected chi connectivity index (χ3v) is 3.93. The summed E-state index contributed by atoms with van der Waals surface area (Å²) in [7, 11) is 0. The fourth-order valence-corrected chi connectivity index (χ4v) is 2.64. The Hall–Kier alpha value is -2.13. The zero-order chi connectivity index (χ0) is 13.6. The van der Waals surface area contributed by atoms with Gasteiger partial charge in [0.25, 0.3) is 5.69 Å². The minimum Gasteiger partial charge on any atom is -0.386 e. The van der Waals surface area contributed by atoms with Crippen molar-refractivity contribution in [2.75, 3.05) is 18.0 Å². The number of hydrogen-bond acceptors (Lipinski definition) is 5. The number of nitro groups is 1. The van der Waals surface area contributed by atoms with E-state index in [4.69, 9.17) is 5.26 Å². The lowest BCUT2D eigenvalue weighted by molar-refractivity contribution is -0.385. The number of nitrogens with zero attached hydrogens (tertiary/aromatic N) is 3. The molecular weight excluding hydrogens is 246 g/mol. The molecule has 1 N–H and O–H groups in total. The van der Waals surface area contributed by atoms with Crippen molar-refractivity contribution in [2.24, 2.45) is 5.92 Å². The van der Waals surface area contributed by atoms with Crippen LogP contribution < -0.4 is 4.90 Å². The molecule has 2 fully saturated rings. The second-order valence-corrected chi connectivity index (χ2v) is 5.30. The molecular formula is C13H13N3O3. The molecule has 0 spiro atoms. The van der Waals surface area contributed by atoms with E-state index in [1.165, 1.54) is 12.1 Å². The number of benzene rings is 1. The monoisotopic (exact) mass is 259 g/mol. The normalized spacial score (nSPS) is 20.5. The maximum Gasteiger partial charge on any atom is 0.289 e. The number of rotatable bonds is 3. The van der Waals surface area contributed by atoms with E-state index < -0.39 is 10.5 Å². The molecule has 1 aromatic rings. The van der Waals surface area contributed by atoms with Gasteiger partial charge in [0.1, 0.15) is 17.2 Å². The molecule has 0 bridgehead atoms. The van der Waals surface area contributed by atoms with Crippen LogP contribution in [0.3, 0.4) is 0 Å². The molecule has 0 radical (unpaired) electrons. The molecule has 1 aliphatic carbocycles. The highest BCUT2D eigenvalue weighted by molar-refractivity contribution is 5.62. The number of hydrogen-bond donors (Lipinski definition) is 1. The van der Waals surface area contributed by atoms with Crippen LogP contribution in [-0.4, -0.2) is 28.7 Å². The molecule has 2 aliphatic rings. The third kappa shape index (κ3) is 1.92. The predicted molar refractivity (Wildman–Crippen MR) is 67.7 cm³/mol. The maximum absolute atomic E-state index is 10.9. The smallest absolute Gasteiger partial charge is 0.289 e. The summed E-state index contributed by atoms with van der Waals surface area (Å²) in [4.78, 5) is 12.3. The van der Waals surface area contributed by atoms with Crippen LogP contribution >= 0.6 is 0 Å². The largest absolute Gasteiger partial charge is 0.386 e. The highest BCUT2D eigenvalue weighted by atomic mass is 16.6. The molecule has 1 saturated carbocycles. The van der Waals surface area contributed by atoms with Gasteiger partial charge < -0.3 is 10.0 Å². The number of aliphatic hydroxyl groups is 1. The van der Waals surface area contributed by atoms with Crippen LogP contribution in [-0.2, 0) is 0 Å². The zero-order valence-electron chi connectivity index (χ0n) is 10.2. The van der Waals surface area contributed by atoms with E-state index >= 15 is 0 Å². The van der Waals surface area contributed by atoms with Crippen molar-refractivity contribution in [1.82, 2.24) is 0 Å². The Balaban J connectivity index is 1.81. The van der Waals surface area contributed by atoms with Crippen LogP contribution in [0.15, 0.2) is 18.2 Å². The Morgan fingerprint density at radius 1 is 1.47 bits per heavy atom. The van der Waals surface area contributed by atoms with E-state index in [1.807, 2.05) is 11.0 Å². The molecule has 0 unspecified atom stereocenters. The number of nitriles is 1. The minimum absolute atomic E-state index is 0.0618. The van der Waals surface area contributed by atoms with Crippen LogP contribution in [0.5, 0.6) is 0 Å². The van der Waals surface area contributed by atoms with Crippen LogP contribution in [0.25, 0.3) is 0 Å². The lowest BCUT2D eigenvalue weighted by Crippen LogP contribution is -2.63. The van der Waals surface area contributed by atoms with Gasteiger partial charge in [0.05, 0.1) is 4.92 Å². The van der Waals surface area contributed by atoms with Crippen molar-refractivity contribution >= 4 is 11.4 Å². The van der Waals surface area contributed by atoms with Gasteiger partial charge in [0.15, 0.2) is 0 Å². The zero-order valence-corrected chi connectivity index (χ0v) is 10.2. The van der Waals surface area contributed by atoms with Gasteiger partial charge in [-0.1, -0.05) is 0 Å². The molecule has 1 aliphatic heterocycles. The Morgan fingerprint density at radius 2 is 2.16 bits per heavy atom. The number of anilines is 1. The second-order valence-electron chi connectivity index (χ2n) is 5.30. The van der Waals surface area contributed by atoms with Crippen LogP contribution in [0.1, 0.15) is 18.4 Å². The SMILES string of the molecule is N#Cc1ccc(N2CC(O)(C3CC3)C2)cc1[N+](=O)[O-]. The summed E-state index contributed by atoms with van der Waals surface area (Å²) < 4.78 is 0. The first kappa shape index (κ1) is 11.9. The fourth-order valence-electron chi connectivity index (χ4n) is 2.64. The van der Waals surface area contributed by atoms with E-state index in [9.17, 15) is 15.2 Å². The number of nitro benzene ring substituents is 1. The summed E-state index contributed by atoms with van der Waals surface area (Å²) in [5.41, 5.74) is -0.0486. The molecule has 19 heavy (non-hydrogen) atoms. The van der Waals surface area contributed by atoms with Gasteiger partial charge in [0.2, 0.25) is 0 Å². The third-order valence-electron chi connectivity index (χ3n) is 3.93. The average molecular weight is 259 g/mol. The van der Waals surface area contributed by atoms with Crippen molar-refractivity contribution in [3.8, 4) is 6.07 Å². The van der Waals surface area contributed by atoms with Crippen LogP contribution in [0.4, 0.5) is 11.4 Å². The summed E-state index contributed by atoms with van der Waals surface area (Å²) in [6, 6.07) is 6.37. The Bertz CT molecular complexity index is 583. The molecule has 0 amide bonds. The summed E-state index contributed by atoms with van der Waals surface area (Å²) in [5, 5.41) is 30.0. The molecule has 1 saturated heterocycles. The lowest BCUT2D eigenvalue weighted by atomic mass is 9.88. The lowest BCUT2D eigenvalue weighted by Gasteiger charge is -2.48. The van der Waals surface area contributed by atoms with E-state index in [2.05, 4.69) is 0 Å². The minimum atomic E-state index is -0.622. The highest BCUT2D eigenvalue weighted by Crippen LogP contribution is 2.46. The summed E-state index contributed by atoms with van der Waals surface area (Å²) >= 11 is 0. The fraction of sp³-hybridized carbons (Fsp3) is 0.462. The van der Waals surface area contributed by atoms with Crippen LogP contribution in [0.2, 0.25) is 0 Å². The first-order valence-electron chi connectivity index (χ1n) is 6.19. The summed E-state index contributed by atoms with van der Waals surface area (Å²) in [6.45, 7) is 1.03. The van der Waals surface area contributed by atoms with Gasteiger partial charge in [-0.3, -0.25) is 10.1 Å². The van der Waals surface area contributed by atoms with Gasteiger partial charge in [-0.05, 0) is 30.9 Å². The molecule has 6 nitrogen and oxygen atoms in total. The first-order chi connectivity index (χ1) is 9.03. The second kappa shape index (κ2) is 3.93. The summed E-state index contributed by atoms with van der Waals surface area (Å²) in [6.07, 6.45) is 2.13. The molecule has 1 heterocycles. The Morgan fingerprint density at radius 3 is 2.68 bits per heavy atom. The van der Waals surface area contributed by atoms with Gasteiger partial charge in [-0.25, -0.2) is 0 Å². The average Bonchev–Trinajstić information content (AvgIpc) is 3.18. The van der Waals surface area contributed by atoms with E-state index in [0.717, 1.165) is 12.8 Å². The highest BCUT2D eigenvalue weighted by Gasteiger charge is 2.52. The quantitative estimate of drug-likeness (QED) is 0.655. The predicted octanol–water partition coefficient (Wildman–Crippen LogP) is 1.43. The van der Waals surface area contributed by atoms with Gasteiger partial charge in [-0.15, -0.1) is 0 Å². The van der Waals surface area contributed by atoms with E-state index in [0.29, 0.717) is 24.7 Å². The molecule has 1 aromatic carbocycles.